The molecule has 1 N–H and O–H groups in total. The summed E-state index contributed by atoms with van der Waals surface area (Å²) in [7, 11) is 0. The fourth-order valence-corrected chi connectivity index (χ4v) is 1.46. The minimum atomic E-state index is 0.156. The molecule has 0 bridgehead atoms. The molecule has 0 aliphatic carbocycles. The molecular weight excluding hydrogens is 202 g/mol. The molecule has 2 aromatic heterocycles. The molecule has 2 aromatic rings. The van der Waals surface area contributed by atoms with E-state index in [0.29, 0.717) is 29.3 Å². The second-order valence-electron chi connectivity index (χ2n) is 2.98. The Morgan fingerprint density at radius 3 is 3.07 bits per heavy atom. The van der Waals surface area contributed by atoms with Crippen molar-refractivity contribution >= 4 is 17.2 Å². The summed E-state index contributed by atoms with van der Waals surface area (Å²) in [5.74, 6) is 0.715. The molecule has 74 valence electrons. The van der Waals surface area contributed by atoms with Crippen molar-refractivity contribution in [3.05, 3.63) is 29.2 Å². The van der Waals surface area contributed by atoms with Gasteiger partial charge in [-0.2, -0.15) is 5.10 Å². The Kier molecular flexibility index (Phi) is 2.65. The first-order chi connectivity index (χ1) is 6.81. The van der Waals surface area contributed by atoms with Crippen LogP contribution in [0.2, 0.25) is 5.02 Å². The van der Waals surface area contributed by atoms with E-state index in [-0.39, 0.29) is 6.61 Å². The van der Waals surface area contributed by atoms with Crippen LogP contribution in [-0.2, 0) is 6.42 Å². The average Bonchev–Trinajstić information content (AvgIpc) is 2.59. The predicted octanol–water partition coefficient (Wildman–Crippen LogP) is 1.31. The van der Waals surface area contributed by atoms with Crippen LogP contribution in [0.25, 0.3) is 5.65 Å². The van der Waals surface area contributed by atoms with Gasteiger partial charge in [-0.1, -0.05) is 11.6 Å². The zero-order chi connectivity index (χ0) is 9.97. The number of aliphatic hydroxyl groups is 1. The van der Waals surface area contributed by atoms with Gasteiger partial charge in [0.25, 0.3) is 0 Å². The number of hydrogen-bond donors (Lipinski definition) is 1. The lowest BCUT2D eigenvalue weighted by Gasteiger charge is -1.90. The third-order valence-corrected chi connectivity index (χ3v) is 2.21. The Hall–Kier alpha value is -1.13. The van der Waals surface area contributed by atoms with Crippen LogP contribution in [0.3, 0.4) is 0 Å². The molecule has 0 amide bonds. The highest BCUT2D eigenvalue weighted by molar-refractivity contribution is 6.33. The summed E-state index contributed by atoms with van der Waals surface area (Å²) >= 11 is 5.93. The molecule has 0 radical (unpaired) electrons. The molecule has 0 saturated heterocycles. The van der Waals surface area contributed by atoms with Crippen LogP contribution in [0.15, 0.2) is 18.3 Å². The second-order valence-corrected chi connectivity index (χ2v) is 3.39. The monoisotopic (exact) mass is 211 g/mol. The van der Waals surface area contributed by atoms with Crippen LogP contribution in [0.1, 0.15) is 12.2 Å². The number of rotatable bonds is 3. The van der Waals surface area contributed by atoms with Gasteiger partial charge < -0.3 is 5.11 Å². The highest BCUT2D eigenvalue weighted by atomic mass is 35.5. The van der Waals surface area contributed by atoms with E-state index in [1.54, 1.807) is 16.8 Å². The summed E-state index contributed by atoms with van der Waals surface area (Å²) in [5, 5.41) is 13.5. The van der Waals surface area contributed by atoms with Gasteiger partial charge in [-0.05, 0) is 18.6 Å². The van der Waals surface area contributed by atoms with Crippen LogP contribution < -0.4 is 0 Å². The zero-order valence-corrected chi connectivity index (χ0v) is 8.28. The van der Waals surface area contributed by atoms with Gasteiger partial charge in [0.2, 0.25) is 0 Å². The quantitative estimate of drug-likeness (QED) is 0.833. The molecule has 0 unspecified atom stereocenters. The van der Waals surface area contributed by atoms with Crippen molar-refractivity contribution in [1.82, 2.24) is 14.6 Å². The van der Waals surface area contributed by atoms with Gasteiger partial charge in [0.1, 0.15) is 0 Å². The molecule has 0 aliphatic heterocycles. The lowest BCUT2D eigenvalue weighted by Crippen LogP contribution is -1.92. The fourth-order valence-electron chi connectivity index (χ4n) is 1.26. The van der Waals surface area contributed by atoms with Crippen LogP contribution in [0, 0.1) is 0 Å². The second kappa shape index (κ2) is 3.94. The normalized spacial score (nSPS) is 11.0. The lowest BCUT2D eigenvalue weighted by atomic mass is 10.3. The van der Waals surface area contributed by atoms with Crippen LogP contribution in [-0.4, -0.2) is 26.3 Å². The van der Waals surface area contributed by atoms with Gasteiger partial charge in [-0.15, -0.1) is 0 Å². The molecule has 0 aliphatic rings. The van der Waals surface area contributed by atoms with Crippen molar-refractivity contribution in [3.8, 4) is 0 Å². The summed E-state index contributed by atoms with van der Waals surface area (Å²) in [5.41, 5.74) is 0.669. The Bertz CT molecular complexity index is 441. The SMILES string of the molecule is OCCCc1nc2c(Cl)cccn2n1. The molecule has 4 nitrogen and oxygen atoms in total. The molecule has 2 rings (SSSR count). The maximum Gasteiger partial charge on any atom is 0.174 e. The highest BCUT2D eigenvalue weighted by Gasteiger charge is 2.05. The number of nitrogens with zero attached hydrogens (tertiary/aromatic N) is 3. The standard InChI is InChI=1S/C9H10ClN3O/c10-7-3-1-5-13-9(7)11-8(12-13)4-2-6-14/h1,3,5,14H,2,4,6H2. The maximum absolute atomic E-state index is 8.67. The minimum absolute atomic E-state index is 0.156. The van der Waals surface area contributed by atoms with Crippen molar-refractivity contribution < 1.29 is 5.11 Å². The summed E-state index contributed by atoms with van der Waals surface area (Å²) in [6.45, 7) is 0.156. The van der Waals surface area contributed by atoms with Crippen LogP contribution >= 0.6 is 11.6 Å². The van der Waals surface area contributed by atoms with Gasteiger partial charge in [-0.3, -0.25) is 0 Å². The number of hydrogen-bond acceptors (Lipinski definition) is 3. The number of aliphatic hydroxyl groups excluding tert-OH is 1. The van der Waals surface area contributed by atoms with Crippen molar-refractivity contribution in [2.75, 3.05) is 6.61 Å². The number of aryl methyl sites for hydroxylation is 1. The fraction of sp³-hybridized carbons (Fsp3) is 0.333. The van der Waals surface area contributed by atoms with Crippen molar-refractivity contribution in [3.63, 3.8) is 0 Å². The highest BCUT2D eigenvalue weighted by Crippen LogP contribution is 2.14. The Labute approximate surface area is 86.1 Å². The maximum atomic E-state index is 8.67. The topological polar surface area (TPSA) is 50.4 Å². The predicted molar refractivity (Wildman–Crippen MR) is 53.4 cm³/mol. The van der Waals surface area contributed by atoms with Crippen molar-refractivity contribution in [2.45, 2.75) is 12.8 Å². The van der Waals surface area contributed by atoms with E-state index in [0.717, 1.165) is 0 Å². The molecule has 14 heavy (non-hydrogen) atoms. The number of pyridine rings is 1. The molecule has 0 spiro atoms. The summed E-state index contributed by atoms with van der Waals surface area (Å²) in [6.07, 6.45) is 3.15. The number of halogens is 1. The first-order valence-corrected chi connectivity index (χ1v) is 4.79. The third kappa shape index (κ3) is 1.71. The van der Waals surface area contributed by atoms with Gasteiger partial charge in [0, 0.05) is 19.2 Å². The molecule has 2 heterocycles. The summed E-state index contributed by atoms with van der Waals surface area (Å²) in [4.78, 5) is 4.26. The van der Waals surface area contributed by atoms with E-state index >= 15 is 0 Å². The van der Waals surface area contributed by atoms with Gasteiger partial charge in [0.05, 0.1) is 5.02 Å². The molecule has 0 atom stereocenters. The smallest absolute Gasteiger partial charge is 0.174 e. The first-order valence-electron chi connectivity index (χ1n) is 4.42. The van der Waals surface area contributed by atoms with E-state index in [2.05, 4.69) is 10.1 Å². The molecule has 0 saturated carbocycles. The van der Waals surface area contributed by atoms with Gasteiger partial charge in [-0.25, -0.2) is 9.50 Å². The Morgan fingerprint density at radius 1 is 1.50 bits per heavy atom. The van der Waals surface area contributed by atoms with Crippen LogP contribution in [0.5, 0.6) is 0 Å². The van der Waals surface area contributed by atoms with Crippen molar-refractivity contribution in [2.24, 2.45) is 0 Å². The lowest BCUT2D eigenvalue weighted by molar-refractivity contribution is 0.287. The van der Waals surface area contributed by atoms with E-state index in [1.807, 2.05) is 6.07 Å². The Morgan fingerprint density at radius 2 is 2.36 bits per heavy atom. The number of aromatic nitrogens is 3. The minimum Gasteiger partial charge on any atom is -0.396 e. The van der Waals surface area contributed by atoms with Gasteiger partial charge in [0.15, 0.2) is 11.5 Å². The van der Waals surface area contributed by atoms with Crippen molar-refractivity contribution in [1.29, 1.82) is 0 Å². The molecule has 0 aromatic carbocycles. The molecular formula is C9H10ClN3O. The summed E-state index contributed by atoms with van der Waals surface area (Å²) in [6, 6.07) is 3.60. The number of fused-ring (bicyclic) bond motifs is 1. The van der Waals surface area contributed by atoms with E-state index in [1.165, 1.54) is 0 Å². The third-order valence-electron chi connectivity index (χ3n) is 1.92. The Balaban J connectivity index is 2.36. The van der Waals surface area contributed by atoms with E-state index in [9.17, 15) is 0 Å². The molecule has 0 fully saturated rings. The van der Waals surface area contributed by atoms with Crippen LogP contribution in [0.4, 0.5) is 0 Å². The van der Waals surface area contributed by atoms with E-state index < -0.39 is 0 Å². The average molecular weight is 212 g/mol. The largest absolute Gasteiger partial charge is 0.396 e. The zero-order valence-electron chi connectivity index (χ0n) is 7.52. The molecule has 5 heteroatoms. The summed E-state index contributed by atoms with van der Waals surface area (Å²) < 4.78 is 1.65. The van der Waals surface area contributed by atoms with E-state index in [4.69, 9.17) is 16.7 Å². The van der Waals surface area contributed by atoms with Gasteiger partial charge >= 0.3 is 0 Å². The first kappa shape index (κ1) is 9.43.